The molecule has 2 rings (SSSR count). The molecule has 1 aromatic heterocycles. The van der Waals surface area contributed by atoms with Crippen LogP contribution in [0.5, 0.6) is 0 Å². The number of rotatable bonds is 2. The molecule has 1 radical (unpaired) electrons. The molecule has 2 nitrogen and oxygen atoms in total. The molecular weight excluding hydrogens is 172 g/mol. The molecule has 1 aromatic carbocycles. The van der Waals surface area contributed by atoms with E-state index in [1.54, 1.807) is 0 Å². The molecule has 2 aromatic rings. The Labute approximate surface area is 84.8 Å². The van der Waals surface area contributed by atoms with Crippen molar-refractivity contribution in [1.29, 1.82) is 0 Å². The van der Waals surface area contributed by atoms with E-state index in [0.717, 1.165) is 6.67 Å². The van der Waals surface area contributed by atoms with Crippen molar-refractivity contribution in [1.82, 2.24) is 9.47 Å². The number of aromatic nitrogens is 1. The smallest absolute Gasteiger partial charge is 0.0752 e. The molecule has 0 aliphatic rings. The Kier molecular flexibility index (Phi) is 2.30. The van der Waals surface area contributed by atoms with E-state index >= 15 is 0 Å². The van der Waals surface area contributed by atoms with Crippen LogP contribution in [0.2, 0.25) is 0 Å². The molecule has 0 N–H and O–H groups in total. The highest BCUT2D eigenvalue weighted by Gasteiger charge is 2.04. The van der Waals surface area contributed by atoms with Crippen molar-refractivity contribution >= 4 is 10.9 Å². The van der Waals surface area contributed by atoms with Gasteiger partial charge in [-0.05, 0) is 32.6 Å². The minimum Gasteiger partial charge on any atom is -0.325 e. The Bertz CT molecular complexity index is 441. The van der Waals surface area contributed by atoms with Crippen LogP contribution in [0.3, 0.4) is 0 Å². The van der Waals surface area contributed by atoms with E-state index in [4.69, 9.17) is 0 Å². The fourth-order valence-corrected chi connectivity index (χ4v) is 1.74. The van der Waals surface area contributed by atoms with E-state index in [-0.39, 0.29) is 0 Å². The van der Waals surface area contributed by atoms with Gasteiger partial charge in [0.15, 0.2) is 0 Å². The summed E-state index contributed by atoms with van der Waals surface area (Å²) in [6.07, 6.45) is 3.36. The van der Waals surface area contributed by atoms with Crippen molar-refractivity contribution in [3.8, 4) is 0 Å². The summed E-state index contributed by atoms with van der Waals surface area (Å²) in [5.74, 6) is 0. The number of hydrogen-bond acceptors (Lipinski definition) is 1. The van der Waals surface area contributed by atoms with Crippen molar-refractivity contribution in [2.24, 2.45) is 0 Å². The van der Waals surface area contributed by atoms with E-state index in [2.05, 4.69) is 60.9 Å². The third-order valence-electron chi connectivity index (χ3n) is 2.33. The standard InChI is InChI=1S/C12H15N2/c1-10-8-14(9-13(2)3)12-7-5-4-6-11(10)12/h4-7H,9H2,1-3H3. The Morgan fingerprint density at radius 3 is 2.71 bits per heavy atom. The molecular formula is C12H15N2. The lowest BCUT2D eigenvalue weighted by molar-refractivity contribution is 0.331. The van der Waals surface area contributed by atoms with Crippen LogP contribution < -0.4 is 0 Å². The fraction of sp³-hybridized carbons (Fsp3) is 0.333. The molecule has 0 bridgehead atoms. The van der Waals surface area contributed by atoms with Gasteiger partial charge in [-0.3, -0.25) is 4.90 Å². The van der Waals surface area contributed by atoms with Gasteiger partial charge in [0.1, 0.15) is 0 Å². The molecule has 1 heterocycles. The maximum absolute atomic E-state index is 3.36. The van der Waals surface area contributed by atoms with Crippen LogP contribution in [0.1, 0.15) is 5.56 Å². The minimum atomic E-state index is 0.883. The van der Waals surface area contributed by atoms with Gasteiger partial charge in [0.05, 0.1) is 12.9 Å². The number of benzene rings is 1. The van der Waals surface area contributed by atoms with Crippen LogP contribution in [0, 0.1) is 13.1 Å². The number of aryl methyl sites for hydroxylation is 1. The van der Waals surface area contributed by atoms with Gasteiger partial charge in [-0.2, -0.15) is 0 Å². The van der Waals surface area contributed by atoms with E-state index in [1.165, 1.54) is 16.5 Å². The van der Waals surface area contributed by atoms with Crippen molar-refractivity contribution in [2.45, 2.75) is 13.6 Å². The zero-order chi connectivity index (χ0) is 10.1. The second kappa shape index (κ2) is 3.46. The fourth-order valence-electron chi connectivity index (χ4n) is 1.74. The summed E-state index contributed by atoms with van der Waals surface area (Å²) < 4.78 is 2.16. The molecule has 0 saturated carbocycles. The summed E-state index contributed by atoms with van der Waals surface area (Å²) in [7, 11) is 4.13. The zero-order valence-corrected chi connectivity index (χ0v) is 8.91. The van der Waals surface area contributed by atoms with Gasteiger partial charge < -0.3 is 4.57 Å². The normalized spacial score (nSPS) is 11.4. The maximum atomic E-state index is 3.36. The monoisotopic (exact) mass is 187 g/mol. The van der Waals surface area contributed by atoms with Crippen molar-refractivity contribution in [3.63, 3.8) is 0 Å². The molecule has 0 amide bonds. The van der Waals surface area contributed by atoms with Crippen LogP contribution in [0.15, 0.2) is 24.3 Å². The number of para-hydroxylation sites is 1. The third-order valence-corrected chi connectivity index (χ3v) is 2.33. The van der Waals surface area contributed by atoms with Crippen LogP contribution >= 0.6 is 0 Å². The first kappa shape index (κ1) is 9.28. The highest BCUT2D eigenvalue weighted by molar-refractivity contribution is 5.83. The Hall–Kier alpha value is -1.28. The van der Waals surface area contributed by atoms with Gasteiger partial charge in [-0.25, -0.2) is 0 Å². The summed E-state index contributed by atoms with van der Waals surface area (Å²) >= 11 is 0. The van der Waals surface area contributed by atoms with Gasteiger partial charge in [0, 0.05) is 10.9 Å². The van der Waals surface area contributed by atoms with Crippen LogP contribution in [0.4, 0.5) is 0 Å². The maximum Gasteiger partial charge on any atom is 0.0752 e. The average molecular weight is 187 g/mol. The van der Waals surface area contributed by atoms with Crippen molar-refractivity contribution in [3.05, 3.63) is 36.0 Å². The lowest BCUT2D eigenvalue weighted by Crippen LogP contribution is -2.16. The van der Waals surface area contributed by atoms with Crippen LogP contribution in [-0.4, -0.2) is 23.6 Å². The van der Waals surface area contributed by atoms with Gasteiger partial charge >= 0.3 is 0 Å². The second-order valence-electron chi connectivity index (χ2n) is 3.90. The summed E-state index contributed by atoms with van der Waals surface area (Å²) in [6, 6.07) is 8.43. The zero-order valence-electron chi connectivity index (χ0n) is 8.91. The SMILES string of the molecule is Cc1[c]n(CN(C)C)c2ccccc12. The van der Waals surface area contributed by atoms with E-state index in [9.17, 15) is 0 Å². The molecule has 2 heteroatoms. The average Bonchev–Trinajstić information content (AvgIpc) is 2.44. The lowest BCUT2D eigenvalue weighted by Gasteiger charge is -2.11. The van der Waals surface area contributed by atoms with Gasteiger partial charge in [-0.15, -0.1) is 0 Å². The minimum absolute atomic E-state index is 0.883. The highest BCUT2D eigenvalue weighted by atomic mass is 15.2. The first-order valence-corrected chi connectivity index (χ1v) is 4.80. The highest BCUT2D eigenvalue weighted by Crippen LogP contribution is 2.19. The molecule has 0 fully saturated rings. The number of nitrogens with zero attached hydrogens (tertiary/aromatic N) is 2. The molecule has 14 heavy (non-hydrogen) atoms. The Balaban J connectivity index is 2.55. The summed E-state index contributed by atoms with van der Waals surface area (Å²) in [5, 5.41) is 1.30. The molecule has 0 atom stereocenters. The first-order valence-electron chi connectivity index (χ1n) is 4.80. The topological polar surface area (TPSA) is 8.17 Å². The summed E-state index contributed by atoms with van der Waals surface area (Å²) in [5.41, 5.74) is 2.49. The molecule has 0 aliphatic heterocycles. The van der Waals surface area contributed by atoms with E-state index in [1.807, 2.05) is 0 Å². The second-order valence-corrected chi connectivity index (χ2v) is 3.90. The van der Waals surface area contributed by atoms with Crippen molar-refractivity contribution < 1.29 is 0 Å². The number of hydrogen-bond donors (Lipinski definition) is 0. The molecule has 73 valence electrons. The van der Waals surface area contributed by atoms with Crippen LogP contribution in [-0.2, 0) is 6.67 Å². The van der Waals surface area contributed by atoms with Gasteiger partial charge in [0.25, 0.3) is 0 Å². The van der Waals surface area contributed by atoms with E-state index in [0.29, 0.717) is 0 Å². The van der Waals surface area contributed by atoms with Crippen LogP contribution in [0.25, 0.3) is 10.9 Å². The summed E-state index contributed by atoms with van der Waals surface area (Å²) in [6.45, 7) is 2.99. The predicted octanol–water partition coefficient (Wildman–Crippen LogP) is 2.27. The Morgan fingerprint density at radius 1 is 1.29 bits per heavy atom. The molecule has 0 saturated heterocycles. The van der Waals surface area contributed by atoms with Gasteiger partial charge in [-0.1, -0.05) is 18.2 Å². The Morgan fingerprint density at radius 2 is 2.00 bits per heavy atom. The first-order chi connectivity index (χ1) is 6.68. The van der Waals surface area contributed by atoms with Gasteiger partial charge in [0.2, 0.25) is 0 Å². The largest absolute Gasteiger partial charge is 0.325 e. The van der Waals surface area contributed by atoms with Crippen molar-refractivity contribution in [2.75, 3.05) is 14.1 Å². The molecule has 0 unspecified atom stereocenters. The molecule has 0 spiro atoms. The lowest BCUT2D eigenvalue weighted by atomic mass is 10.2. The predicted molar refractivity (Wildman–Crippen MR) is 59.2 cm³/mol. The van der Waals surface area contributed by atoms with E-state index < -0.39 is 0 Å². The number of fused-ring (bicyclic) bond motifs is 1. The summed E-state index contributed by atoms with van der Waals surface area (Å²) in [4.78, 5) is 2.14. The third kappa shape index (κ3) is 1.53. The quantitative estimate of drug-likeness (QED) is 0.700. The molecule has 0 aliphatic carbocycles.